The van der Waals surface area contributed by atoms with Gasteiger partial charge in [0.05, 0.1) is 22.3 Å². The molecule has 0 N–H and O–H groups in total. The lowest BCUT2D eigenvalue weighted by Crippen LogP contribution is -2.37. The second kappa shape index (κ2) is 8.67. The summed E-state index contributed by atoms with van der Waals surface area (Å²) in [7, 11) is 3.19. The first-order chi connectivity index (χ1) is 17.2. The van der Waals surface area contributed by atoms with E-state index in [1.807, 2.05) is 23.3 Å². The molecule has 2 aliphatic rings. The molecule has 2 atom stereocenters. The Hall–Kier alpha value is -2.76. The summed E-state index contributed by atoms with van der Waals surface area (Å²) < 4.78 is 10.7. The van der Waals surface area contributed by atoms with E-state index in [-0.39, 0.29) is 27.2 Å². The lowest BCUT2D eigenvalue weighted by Gasteiger charge is -2.33. The molecule has 4 aromatic heterocycles. The van der Waals surface area contributed by atoms with E-state index < -0.39 is 5.69 Å². The molecule has 12 heteroatoms. The smallest absolute Gasteiger partial charge is 0.331 e. The largest absolute Gasteiger partial charge is 0.448 e. The number of carbonyl (C=O) groups is 1. The van der Waals surface area contributed by atoms with Gasteiger partial charge in [-0.1, -0.05) is 0 Å². The first kappa shape index (κ1) is 23.6. The number of halogens is 1. The molecule has 0 saturated carbocycles. The van der Waals surface area contributed by atoms with Crippen LogP contribution in [0.15, 0.2) is 31.5 Å². The molecule has 0 aromatic carbocycles. The van der Waals surface area contributed by atoms with Crippen LogP contribution in [-0.2, 0) is 25.4 Å². The highest BCUT2D eigenvalue weighted by atomic mass is 35.5. The van der Waals surface area contributed by atoms with Crippen LogP contribution in [0.2, 0.25) is 5.22 Å². The van der Waals surface area contributed by atoms with Gasteiger partial charge < -0.3 is 13.9 Å². The molecule has 4 aromatic rings. The van der Waals surface area contributed by atoms with Crippen molar-refractivity contribution in [2.24, 2.45) is 14.1 Å². The maximum absolute atomic E-state index is 13.6. The van der Waals surface area contributed by atoms with Crippen molar-refractivity contribution in [3.05, 3.63) is 60.7 Å². The van der Waals surface area contributed by atoms with Crippen molar-refractivity contribution in [1.82, 2.24) is 23.6 Å². The van der Waals surface area contributed by atoms with Crippen LogP contribution in [0.3, 0.4) is 0 Å². The minimum atomic E-state index is -0.395. The number of aryl methyl sites for hydroxylation is 2. The van der Waals surface area contributed by atoms with Crippen LogP contribution in [0.1, 0.15) is 35.2 Å². The summed E-state index contributed by atoms with van der Waals surface area (Å²) >= 11 is 9.32. The number of amides is 1. The summed E-state index contributed by atoms with van der Waals surface area (Å²) in [5.74, 6) is 0.807. The van der Waals surface area contributed by atoms with Gasteiger partial charge in [0, 0.05) is 56.5 Å². The highest BCUT2D eigenvalue weighted by molar-refractivity contribution is 8.00. The topological polar surface area (TPSA) is 95.3 Å². The van der Waals surface area contributed by atoms with E-state index in [4.69, 9.17) is 21.0 Å². The summed E-state index contributed by atoms with van der Waals surface area (Å²) in [6, 6.07) is 3.53. The van der Waals surface area contributed by atoms with Gasteiger partial charge in [-0.2, -0.15) is 0 Å². The van der Waals surface area contributed by atoms with Crippen molar-refractivity contribution in [1.29, 1.82) is 0 Å². The summed E-state index contributed by atoms with van der Waals surface area (Å²) in [4.78, 5) is 45.7. The fraction of sp³-hybridized carbons (Fsp3) is 0.417. The quantitative estimate of drug-likeness (QED) is 0.389. The van der Waals surface area contributed by atoms with Gasteiger partial charge in [-0.25, -0.2) is 9.78 Å². The van der Waals surface area contributed by atoms with Gasteiger partial charge in [-0.05, 0) is 37.1 Å². The van der Waals surface area contributed by atoms with Crippen molar-refractivity contribution < 1.29 is 9.21 Å². The Bertz CT molecular complexity index is 1640. The zero-order valence-electron chi connectivity index (χ0n) is 20.0. The number of thiazole rings is 1. The van der Waals surface area contributed by atoms with Crippen LogP contribution in [0.25, 0.3) is 21.6 Å². The van der Waals surface area contributed by atoms with E-state index in [2.05, 4.69) is 4.57 Å². The van der Waals surface area contributed by atoms with Gasteiger partial charge in [0.25, 0.3) is 5.56 Å². The maximum atomic E-state index is 13.6. The molecule has 9 nitrogen and oxygen atoms in total. The van der Waals surface area contributed by atoms with Crippen molar-refractivity contribution in [3.63, 3.8) is 0 Å². The fourth-order valence-electron chi connectivity index (χ4n) is 5.30. The first-order valence-corrected chi connectivity index (χ1v) is 13.9. The van der Waals surface area contributed by atoms with Crippen LogP contribution in [0.4, 0.5) is 0 Å². The summed E-state index contributed by atoms with van der Waals surface area (Å²) in [5.41, 5.74) is 2.20. The standard InChI is InChI=1S/C24H24ClN5O4S2/c1-12-11-35-22(26-12)19-17-18(27(2)24(33)28(3)23(17)32)20-21(14-6-7-15(25)34-14)36-13(10-30(19)20)9-29-8-4-5-16(29)31/h6-7,11,13,21H,4-5,8-10H2,1-3H3/t13-,21-/m0/s1. The van der Waals surface area contributed by atoms with Gasteiger partial charge >= 0.3 is 5.69 Å². The lowest BCUT2D eigenvalue weighted by molar-refractivity contribution is -0.127. The molecule has 1 amide bonds. The van der Waals surface area contributed by atoms with E-state index in [0.29, 0.717) is 41.9 Å². The highest BCUT2D eigenvalue weighted by Crippen LogP contribution is 2.49. The molecule has 36 heavy (non-hydrogen) atoms. The number of carbonyl (C=O) groups excluding carboxylic acids is 1. The predicted molar refractivity (Wildman–Crippen MR) is 141 cm³/mol. The maximum Gasteiger partial charge on any atom is 0.331 e. The molecule has 0 bridgehead atoms. The van der Waals surface area contributed by atoms with Crippen molar-refractivity contribution in [2.45, 2.75) is 36.8 Å². The van der Waals surface area contributed by atoms with Crippen molar-refractivity contribution in [2.75, 3.05) is 13.1 Å². The number of rotatable bonds is 4. The van der Waals surface area contributed by atoms with Gasteiger partial charge in [0.1, 0.15) is 16.0 Å². The molecular formula is C24H24ClN5O4S2. The fourth-order valence-corrected chi connectivity index (χ4v) is 7.82. The van der Waals surface area contributed by atoms with E-state index in [1.165, 1.54) is 23.0 Å². The van der Waals surface area contributed by atoms with E-state index in [1.54, 1.807) is 24.9 Å². The average Bonchev–Trinajstić information content (AvgIpc) is 3.63. The number of nitrogens with zero attached hydrogens (tertiary/aromatic N) is 5. The molecule has 0 aliphatic carbocycles. The Balaban J connectivity index is 1.65. The lowest BCUT2D eigenvalue weighted by atomic mass is 10.2. The van der Waals surface area contributed by atoms with Crippen LogP contribution < -0.4 is 11.2 Å². The number of hydrogen-bond donors (Lipinski definition) is 0. The molecule has 6 rings (SSSR count). The average molecular weight is 546 g/mol. The van der Waals surface area contributed by atoms with Crippen LogP contribution >= 0.6 is 34.7 Å². The van der Waals surface area contributed by atoms with Crippen molar-refractivity contribution in [3.8, 4) is 10.7 Å². The normalized spacial score (nSPS) is 20.0. The highest BCUT2D eigenvalue weighted by Gasteiger charge is 2.39. The minimum Gasteiger partial charge on any atom is -0.448 e. The Kier molecular flexibility index (Phi) is 5.69. The number of likely N-dealkylation sites (tertiary alicyclic amines) is 1. The number of aromatic nitrogens is 4. The van der Waals surface area contributed by atoms with E-state index in [0.717, 1.165) is 33.9 Å². The van der Waals surface area contributed by atoms with Gasteiger partial charge in [0.2, 0.25) is 5.91 Å². The molecular weight excluding hydrogens is 522 g/mol. The van der Waals surface area contributed by atoms with Crippen LogP contribution in [-0.4, -0.2) is 47.8 Å². The Morgan fingerprint density at radius 1 is 1.19 bits per heavy atom. The number of thioether (sulfide) groups is 1. The second-order valence-electron chi connectivity index (χ2n) is 9.29. The third kappa shape index (κ3) is 3.59. The van der Waals surface area contributed by atoms with Gasteiger partial charge in [-0.3, -0.25) is 18.7 Å². The van der Waals surface area contributed by atoms with Crippen LogP contribution in [0, 0.1) is 6.92 Å². The Morgan fingerprint density at radius 2 is 2.00 bits per heavy atom. The monoisotopic (exact) mass is 545 g/mol. The molecule has 1 saturated heterocycles. The third-order valence-corrected chi connectivity index (χ3v) is 9.52. The van der Waals surface area contributed by atoms with Crippen LogP contribution in [0.5, 0.6) is 0 Å². The minimum absolute atomic E-state index is 0.0379. The third-order valence-electron chi connectivity index (χ3n) is 6.94. The molecule has 0 radical (unpaired) electrons. The molecule has 0 unspecified atom stereocenters. The molecule has 0 spiro atoms. The number of furan rings is 1. The van der Waals surface area contributed by atoms with Gasteiger partial charge in [0.15, 0.2) is 5.22 Å². The number of fused-ring (bicyclic) bond motifs is 3. The van der Waals surface area contributed by atoms with Crippen molar-refractivity contribution >= 4 is 51.5 Å². The van der Waals surface area contributed by atoms with E-state index >= 15 is 0 Å². The second-order valence-corrected chi connectivity index (χ2v) is 11.9. The number of hydrogen-bond acceptors (Lipinski definition) is 7. The zero-order chi connectivity index (χ0) is 25.3. The SMILES string of the molecule is Cc1csc(-c2c3c(=O)n(C)c(=O)n(C)c3c3n2C[C@H](CN2CCCC2=O)S[C@H]3c2ccc(Cl)o2)n1. The summed E-state index contributed by atoms with van der Waals surface area (Å²) in [6.07, 6.45) is 1.45. The van der Waals surface area contributed by atoms with E-state index in [9.17, 15) is 14.4 Å². The summed E-state index contributed by atoms with van der Waals surface area (Å²) in [6.45, 7) is 3.83. The molecule has 1 fully saturated rings. The molecule has 2 aliphatic heterocycles. The Morgan fingerprint density at radius 3 is 2.64 bits per heavy atom. The summed E-state index contributed by atoms with van der Waals surface area (Å²) in [5, 5.41) is 3.11. The molecule has 188 valence electrons. The first-order valence-electron chi connectivity index (χ1n) is 11.7. The Labute approximate surface area is 219 Å². The predicted octanol–water partition coefficient (Wildman–Crippen LogP) is 3.54. The zero-order valence-corrected chi connectivity index (χ0v) is 22.4. The molecule has 6 heterocycles. The van der Waals surface area contributed by atoms with Gasteiger partial charge in [-0.15, -0.1) is 23.1 Å².